The standard InChI is InChI=1S/C17H16FN3/c18-14-7-5-12(6-8-14)17(21-19)11-13-9-10-20-16-4-2-1-3-15(13)16/h1-10,17,21H,11,19H2. The van der Waals surface area contributed by atoms with Crippen LogP contribution in [0.5, 0.6) is 0 Å². The Hall–Kier alpha value is -2.30. The Balaban J connectivity index is 1.94. The Morgan fingerprint density at radius 1 is 1.05 bits per heavy atom. The van der Waals surface area contributed by atoms with E-state index in [0.29, 0.717) is 6.42 Å². The predicted octanol–water partition coefficient (Wildman–Crippen LogP) is 3.12. The van der Waals surface area contributed by atoms with E-state index < -0.39 is 0 Å². The van der Waals surface area contributed by atoms with E-state index in [0.717, 1.165) is 22.0 Å². The minimum absolute atomic E-state index is 0.0728. The zero-order valence-corrected chi connectivity index (χ0v) is 11.5. The number of rotatable bonds is 4. The number of pyridine rings is 1. The molecule has 3 aromatic rings. The van der Waals surface area contributed by atoms with Gasteiger partial charge < -0.3 is 0 Å². The summed E-state index contributed by atoms with van der Waals surface area (Å²) < 4.78 is 13.0. The van der Waals surface area contributed by atoms with Crippen LogP contribution in [0.15, 0.2) is 60.8 Å². The number of benzene rings is 2. The lowest BCUT2D eigenvalue weighted by Crippen LogP contribution is -2.29. The third kappa shape index (κ3) is 2.91. The molecule has 1 heterocycles. The van der Waals surface area contributed by atoms with Crippen molar-refractivity contribution < 1.29 is 4.39 Å². The van der Waals surface area contributed by atoms with Gasteiger partial charge in [0, 0.05) is 11.6 Å². The second kappa shape index (κ2) is 5.99. The van der Waals surface area contributed by atoms with E-state index in [1.54, 1.807) is 18.3 Å². The molecule has 1 aromatic heterocycles. The molecule has 21 heavy (non-hydrogen) atoms. The minimum atomic E-state index is -0.246. The van der Waals surface area contributed by atoms with Gasteiger partial charge in [0.15, 0.2) is 0 Å². The monoisotopic (exact) mass is 281 g/mol. The molecule has 0 fully saturated rings. The van der Waals surface area contributed by atoms with E-state index in [9.17, 15) is 4.39 Å². The molecule has 0 aliphatic carbocycles. The molecule has 0 amide bonds. The van der Waals surface area contributed by atoms with Crippen molar-refractivity contribution in [2.75, 3.05) is 0 Å². The molecule has 0 radical (unpaired) electrons. The van der Waals surface area contributed by atoms with Gasteiger partial charge in [0.25, 0.3) is 0 Å². The Bertz CT molecular complexity index is 735. The van der Waals surface area contributed by atoms with Crippen LogP contribution in [-0.4, -0.2) is 4.98 Å². The van der Waals surface area contributed by atoms with Crippen molar-refractivity contribution in [1.29, 1.82) is 0 Å². The molecule has 2 aromatic carbocycles. The second-order valence-electron chi connectivity index (χ2n) is 4.96. The first-order chi connectivity index (χ1) is 10.3. The topological polar surface area (TPSA) is 50.9 Å². The Morgan fingerprint density at radius 3 is 2.57 bits per heavy atom. The van der Waals surface area contributed by atoms with Crippen LogP contribution in [0.1, 0.15) is 17.2 Å². The highest BCUT2D eigenvalue weighted by Crippen LogP contribution is 2.23. The summed E-state index contributed by atoms with van der Waals surface area (Å²) in [5.74, 6) is 5.43. The fourth-order valence-electron chi connectivity index (χ4n) is 2.52. The van der Waals surface area contributed by atoms with Gasteiger partial charge in [0.05, 0.1) is 11.6 Å². The maximum Gasteiger partial charge on any atom is 0.123 e. The molecular weight excluding hydrogens is 265 g/mol. The van der Waals surface area contributed by atoms with Gasteiger partial charge in [0.1, 0.15) is 5.82 Å². The Labute approximate surface area is 122 Å². The number of nitrogens with one attached hydrogen (secondary N) is 1. The van der Waals surface area contributed by atoms with Gasteiger partial charge in [-0.3, -0.25) is 16.3 Å². The van der Waals surface area contributed by atoms with Crippen LogP contribution in [0, 0.1) is 5.82 Å². The maximum absolute atomic E-state index is 13.0. The lowest BCUT2D eigenvalue weighted by atomic mass is 9.97. The third-order valence-electron chi connectivity index (χ3n) is 3.64. The average molecular weight is 281 g/mol. The van der Waals surface area contributed by atoms with Crippen LogP contribution in [0.3, 0.4) is 0 Å². The van der Waals surface area contributed by atoms with Crippen molar-refractivity contribution in [3.05, 3.63) is 77.7 Å². The summed E-state index contributed by atoms with van der Waals surface area (Å²) >= 11 is 0. The van der Waals surface area contributed by atoms with Crippen LogP contribution >= 0.6 is 0 Å². The number of para-hydroxylation sites is 1. The molecule has 0 saturated carbocycles. The summed E-state index contributed by atoms with van der Waals surface area (Å²) in [4.78, 5) is 4.36. The zero-order valence-electron chi connectivity index (χ0n) is 11.5. The smallest absolute Gasteiger partial charge is 0.123 e. The van der Waals surface area contributed by atoms with Gasteiger partial charge in [0.2, 0.25) is 0 Å². The summed E-state index contributed by atoms with van der Waals surface area (Å²) in [5, 5.41) is 1.11. The molecule has 0 bridgehead atoms. The average Bonchev–Trinajstić information content (AvgIpc) is 2.54. The van der Waals surface area contributed by atoms with Crippen LogP contribution in [-0.2, 0) is 6.42 Å². The van der Waals surface area contributed by atoms with Crippen LogP contribution in [0.2, 0.25) is 0 Å². The molecule has 0 saturated heterocycles. The molecule has 3 rings (SSSR count). The highest BCUT2D eigenvalue weighted by Gasteiger charge is 2.12. The minimum Gasteiger partial charge on any atom is -0.271 e. The zero-order chi connectivity index (χ0) is 14.7. The highest BCUT2D eigenvalue weighted by molar-refractivity contribution is 5.81. The van der Waals surface area contributed by atoms with Gasteiger partial charge in [-0.1, -0.05) is 30.3 Å². The van der Waals surface area contributed by atoms with E-state index in [1.165, 1.54) is 12.1 Å². The number of halogens is 1. The number of hydrogen-bond donors (Lipinski definition) is 2. The van der Waals surface area contributed by atoms with Gasteiger partial charge >= 0.3 is 0 Å². The number of nitrogens with zero attached hydrogens (tertiary/aromatic N) is 1. The number of hydrogen-bond acceptors (Lipinski definition) is 3. The lowest BCUT2D eigenvalue weighted by molar-refractivity contribution is 0.550. The Kier molecular flexibility index (Phi) is 3.90. The van der Waals surface area contributed by atoms with Crippen molar-refractivity contribution in [3.8, 4) is 0 Å². The number of hydrazine groups is 1. The van der Waals surface area contributed by atoms with Crippen molar-refractivity contribution in [2.45, 2.75) is 12.5 Å². The Morgan fingerprint density at radius 2 is 1.81 bits per heavy atom. The van der Waals surface area contributed by atoms with E-state index in [2.05, 4.69) is 16.5 Å². The number of aromatic nitrogens is 1. The molecule has 4 heteroatoms. The highest BCUT2D eigenvalue weighted by atomic mass is 19.1. The predicted molar refractivity (Wildman–Crippen MR) is 81.9 cm³/mol. The van der Waals surface area contributed by atoms with Crippen LogP contribution in [0.4, 0.5) is 4.39 Å². The fraction of sp³-hybridized carbons (Fsp3) is 0.118. The maximum atomic E-state index is 13.0. The second-order valence-corrected chi connectivity index (χ2v) is 4.96. The summed E-state index contributed by atoms with van der Waals surface area (Å²) in [6.45, 7) is 0. The summed E-state index contributed by atoms with van der Waals surface area (Å²) in [5.41, 5.74) is 5.89. The van der Waals surface area contributed by atoms with Gasteiger partial charge in [-0.2, -0.15) is 0 Å². The van der Waals surface area contributed by atoms with Gasteiger partial charge in [-0.05, 0) is 41.8 Å². The summed E-state index contributed by atoms with van der Waals surface area (Å²) in [7, 11) is 0. The van der Waals surface area contributed by atoms with Crippen LogP contribution in [0.25, 0.3) is 10.9 Å². The van der Waals surface area contributed by atoms with Gasteiger partial charge in [-0.25, -0.2) is 4.39 Å². The lowest BCUT2D eigenvalue weighted by Gasteiger charge is -2.17. The van der Waals surface area contributed by atoms with Crippen molar-refractivity contribution in [3.63, 3.8) is 0 Å². The third-order valence-corrected chi connectivity index (χ3v) is 3.64. The first-order valence-corrected chi connectivity index (χ1v) is 6.82. The van der Waals surface area contributed by atoms with E-state index in [4.69, 9.17) is 5.84 Å². The molecule has 0 spiro atoms. The quantitative estimate of drug-likeness (QED) is 0.570. The number of nitrogens with two attached hydrogens (primary N) is 1. The molecule has 0 aliphatic heterocycles. The van der Waals surface area contributed by atoms with E-state index >= 15 is 0 Å². The van der Waals surface area contributed by atoms with Crippen molar-refractivity contribution >= 4 is 10.9 Å². The first kappa shape index (κ1) is 13.7. The number of fused-ring (bicyclic) bond motifs is 1. The van der Waals surface area contributed by atoms with Crippen LogP contribution < -0.4 is 11.3 Å². The molecule has 1 unspecified atom stereocenters. The fourth-order valence-corrected chi connectivity index (χ4v) is 2.52. The SMILES string of the molecule is NNC(Cc1ccnc2ccccc12)c1ccc(F)cc1. The normalized spacial score (nSPS) is 12.5. The van der Waals surface area contributed by atoms with Crippen molar-refractivity contribution in [2.24, 2.45) is 5.84 Å². The molecular formula is C17H16FN3. The molecule has 3 N–H and O–H groups in total. The summed E-state index contributed by atoms with van der Waals surface area (Å²) in [6, 6.07) is 16.3. The van der Waals surface area contributed by atoms with Gasteiger partial charge in [-0.15, -0.1) is 0 Å². The largest absolute Gasteiger partial charge is 0.271 e. The molecule has 106 valence electrons. The van der Waals surface area contributed by atoms with Crippen molar-refractivity contribution in [1.82, 2.24) is 10.4 Å². The first-order valence-electron chi connectivity index (χ1n) is 6.82. The van der Waals surface area contributed by atoms with E-state index in [-0.39, 0.29) is 11.9 Å². The molecule has 1 atom stereocenters. The molecule has 0 aliphatic rings. The summed E-state index contributed by atoms with van der Waals surface area (Å²) in [6.07, 6.45) is 2.51. The van der Waals surface area contributed by atoms with E-state index in [1.807, 2.05) is 24.3 Å². The molecule has 3 nitrogen and oxygen atoms in total.